The fraction of sp³-hybridized carbons (Fsp3) is 0.455. The lowest BCUT2D eigenvalue weighted by Gasteiger charge is -2.07. The van der Waals surface area contributed by atoms with Crippen LogP contribution in [0.4, 0.5) is 0 Å². The Hall–Kier alpha value is -1.07. The lowest BCUT2D eigenvalue weighted by atomic mass is 10.3. The molecule has 1 aliphatic rings. The van der Waals surface area contributed by atoms with E-state index in [9.17, 15) is 8.42 Å². The van der Waals surface area contributed by atoms with Gasteiger partial charge in [-0.3, -0.25) is 0 Å². The van der Waals surface area contributed by atoms with E-state index in [0.29, 0.717) is 18.3 Å². The average molecular weight is 241 g/mol. The van der Waals surface area contributed by atoms with E-state index in [-0.39, 0.29) is 4.90 Å². The third-order valence-electron chi connectivity index (χ3n) is 2.57. The normalized spacial score (nSPS) is 16.1. The number of hydrogen-bond acceptors (Lipinski definition) is 3. The first kappa shape index (κ1) is 11.4. The van der Waals surface area contributed by atoms with Gasteiger partial charge in [0.2, 0.25) is 10.0 Å². The molecule has 1 saturated carbocycles. The van der Waals surface area contributed by atoms with Crippen LogP contribution in [-0.2, 0) is 10.0 Å². The van der Waals surface area contributed by atoms with Gasteiger partial charge in [-0.2, -0.15) is 0 Å². The minimum absolute atomic E-state index is 0.239. The molecule has 4 nitrogen and oxygen atoms in total. The molecule has 0 aromatic heterocycles. The standard InChI is InChI=1S/C11H15NO3S/c1-12-16(13,14)11-4-2-3-10(7-11)15-8-9-5-6-9/h2-4,7,9,12H,5-6,8H2,1H3. The number of hydrogen-bond donors (Lipinski definition) is 1. The Balaban J connectivity index is 2.12. The molecule has 0 aliphatic heterocycles. The molecule has 0 atom stereocenters. The number of ether oxygens (including phenoxy) is 1. The summed E-state index contributed by atoms with van der Waals surface area (Å²) in [6.45, 7) is 0.684. The lowest BCUT2D eigenvalue weighted by Crippen LogP contribution is -2.18. The molecule has 0 unspecified atom stereocenters. The summed E-state index contributed by atoms with van der Waals surface area (Å²) in [6.07, 6.45) is 2.43. The van der Waals surface area contributed by atoms with Crippen LogP contribution in [0.5, 0.6) is 5.75 Å². The van der Waals surface area contributed by atoms with Gasteiger partial charge in [0.1, 0.15) is 5.75 Å². The van der Waals surface area contributed by atoms with Crippen molar-refractivity contribution < 1.29 is 13.2 Å². The average Bonchev–Trinajstić information content (AvgIpc) is 3.11. The van der Waals surface area contributed by atoms with Crippen LogP contribution in [0.15, 0.2) is 29.2 Å². The zero-order valence-electron chi connectivity index (χ0n) is 9.14. The van der Waals surface area contributed by atoms with E-state index in [4.69, 9.17) is 4.74 Å². The summed E-state index contributed by atoms with van der Waals surface area (Å²) in [5, 5.41) is 0. The van der Waals surface area contributed by atoms with Crippen LogP contribution in [0.2, 0.25) is 0 Å². The van der Waals surface area contributed by atoms with Crippen LogP contribution >= 0.6 is 0 Å². The SMILES string of the molecule is CNS(=O)(=O)c1cccc(OCC2CC2)c1. The number of sulfonamides is 1. The zero-order chi connectivity index (χ0) is 11.6. The maximum Gasteiger partial charge on any atom is 0.240 e. The first-order valence-corrected chi connectivity index (χ1v) is 6.76. The van der Waals surface area contributed by atoms with E-state index in [1.54, 1.807) is 24.3 Å². The van der Waals surface area contributed by atoms with Gasteiger partial charge in [-0.05, 0) is 37.9 Å². The highest BCUT2D eigenvalue weighted by Gasteiger charge is 2.22. The molecule has 2 rings (SSSR count). The van der Waals surface area contributed by atoms with Gasteiger partial charge in [0, 0.05) is 6.07 Å². The van der Waals surface area contributed by atoms with E-state index in [1.807, 2.05) is 0 Å². The van der Waals surface area contributed by atoms with Gasteiger partial charge in [0.25, 0.3) is 0 Å². The van der Waals surface area contributed by atoms with Crippen LogP contribution in [0.25, 0.3) is 0 Å². The molecule has 5 heteroatoms. The molecule has 1 fully saturated rings. The molecular formula is C11H15NO3S. The zero-order valence-corrected chi connectivity index (χ0v) is 9.96. The fourth-order valence-electron chi connectivity index (χ4n) is 1.35. The van der Waals surface area contributed by atoms with Crippen molar-refractivity contribution in [3.63, 3.8) is 0 Å². The summed E-state index contributed by atoms with van der Waals surface area (Å²) in [4.78, 5) is 0.239. The predicted molar refractivity (Wildman–Crippen MR) is 60.9 cm³/mol. The minimum atomic E-state index is -3.37. The summed E-state index contributed by atoms with van der Waals surface area (Å²) in [5.74, 6) is 1.27. The van der Waals surface area contributed by atoms with E-state index < -0.39 is 10.0 Å². The molecule has 16 heavy (non-hydrogen) atoms. The molecule has 0 bridgehead atoms. The van der Waals surface area contributed by atoms with Crippen molar-refractivity contribution in [2.45, 2.75) is 17.7 Å². The Kier molecular flexibility index (Phi) is 3.16. The quantitative estimate of drug-likeness (QED) is 0.847. The maximum absolute atomic E-state index is 11.5. The van der Waals surface area contributed by atoms with Crippen molar-refractivity contribution >= 4 is 10.0 Å². The largest absolute Gasteiger partial charge is 0.493 e. The number of benzene rings is 1. The van der Waals surface area contributed by atoms with Crippen LogP contribution in [-0.4, -0.2) is 22.1 Å². The fourth-order valence-corrected chi connectivity index (χ4v) is 2.11. The van der Waals surface area contributed by atoms with Crippen LogP contribution in [0, 0.1) is 5.92 Å². The third-order valence-corrected chi connectivity index (χ3v) is 3.98. The van der Waals surface area contributed by atoms with Crippen molar-refractivity contribution in [3.8, 4) is 5.75 Å². The summed E-state index contributed by atoms with van der Waals surface area (Å²) in [6, 6.07) is 6.56. The van der Waals surface area contributed by atoms with Crippen molar-refractivity contribution in [1.29, 1.82) is 0 Å². The molecule has 0 radical (unpaired) electrons. The highest BCUT2D eigenvalue weighted by Crippen LogP contribution is 2.29. The maximum atomic E-state index is 11.5. The van der Waals surface area contributed by atoms with Crippen molar-refractivity contribution in [2.24, 2.45) is 5.92 Å². The van der Waals surface area contributed by atoms with Gasteiger partial charge in [-0.25, -0.2) is 13.1 Å². The van der Waals surface area contributed by atoms with Gasteiger partial charge in [0.05, 0.1) is 11.5 Å². The molecule has 88 valence electrons. The molecule has 0 saturated heterocycles. The Morgan fingerprint density at radius 3 is 2.81 bits per heavy atom. The van der Waals surface area contributed by atoms with Crippen LogP contribution < -0.4 is 9.46 Å². The Bertz CT molecular complexity index is 466. The molecule has 0 amide bonds. The highest BCUT2D eigenvalue weighted by molar-refractivity contribution is 7.89. The summed E-state index contributed by atoms with van der Waals surface area (Å²) in [5.41, 5.74) is 0. The molecule has 1 N–H and O–H groups in total. The van der Waals surface area contributed by atoms with E-state index in [0.717, 1.165) is 0 Å². The number of rotatable bonds is 5. The van der Waals surface area contributed by atoms with Gasteiger partial charge >= 0.3 is 0 Å². The summed E-state index contributed by atoms with van der Waals surface area (Å²) >= 11 is 0. The van der Waals surface area contributed by atoms with Gasteiger partial charge in [0.15, 0.2) is 0 Å². The minimum Gasteiger partial charge on any atom is -0.493 e. The molecule has 1 aromatic carbocycles. The van der Waals surface area contributed by atoms with E-state index in [1.165, 1.54) is 19.9 Å². The van der Waals surface area contributed by atoms with Crippen molar-refractivity contribution in [2.75, 3.05) is 13.7 Å². The number of nitrogens with one attached hydrogen (secondary N) is 1. The molecule has 1 aliphatic carbocycles. The first-order valence-electron chi connectivity index (χ1n) is 5.28. The molecule has 1 aromatic rings. The first-order chi connectivity index (χ1) is 7.62. The second kappa shape index (κ2) is 4.43. The Morgan fingerprint density at radius 2 is 2.19 bits per heavy atom. The molecule has 0 heterocycles. The van der Waals surface area contributed by atoms with Crippen LogP contribution in [0.1, 0.15) is 12.8 Å². The predicted octanol–water partition coefficient (Wildman–Crippen LogP) is 1.38. The third kappa shape index (κ3) is 2.74. The van der Waals surface area contributed by atoms with Crippen molar-refractivity contribution in [1.82, 2.24) is 4.72 Å². The Morgan fingerprint density at radius 1 is 1.44 bits per heavy atom. The summed E-state index contributed by atoms with van der Waals surface area (Å²) < 4.78 is 30.9. The van der Waals surface area contributed by atoms with E-state index in [2.05, 4.69) is 4.72 Å². The molecule has 0 spiro atoms. The lowest BCUT2D eigenvalue weighted by molar-refractivity contribution is 0.299. The second-order valence-corrected chi connectivity index (χ2v) is 5.82. The van der Waals surface area contributed by atoms with Gasteiger partial charge in [-0.15, -0.1) is 0 Å². The van der Waals surface area contributed by atoms with E-state index >= 15 is 0 Å². The second-order valence-electron chi connectivity index (χ2n) is 3.94. The smallest absolute Gasteiger partial charge is 0.240 e. The van der Waals surface area contributed by atoms with Gasteiger partial charge in [-0.1, -0.05) is 6.07 Å². The van der Waals surface area contributed by atoms with Crippen molar-refractivity contribution in [3.05, 3.63) is 24.3 Å². The monoisotopic (exact) mass is 241 g/mol. The van der Waals surface area contributed by atoms with Gasteiger partial charge < -0.3 is 4.74 Å². The van der Waals surface area contributed by atoms with Crippen LogP contribution in [0.3, 0.4) is 0 Å². The summed E-state index contributed by atoms with van der Waals surface area (Å²) in [7, 11) is -1.98. The molecular weight excluding hydrogens is 226 g/mol. The Labute approximate surface area is 95.7 Å². The topological polar surface area (TPSA) is 55.4 Å². The highest BCUT2D eigenvalue weighted by atomic mass is 32.2.